The van der Waals surface area contributed by atoms with Crippen molar-refractivity contribution in [2.45, 2.75) is 68.6 Å². The van der Waals surface area contributed by atoms with E-state index in [-0.39, 0.29) is 6.61 Å². The van der Waals surface area contributed by atoms with Crippen molar-refractivity contribution in [2.75, 3.05) is 24.4 Å². The molecule has 1 saturated heterocycles. The van der Waals surface area contributed by atoms with E-state index in [0.717, 1.165) is 36.6 Å². The van der Waals surface area contributed by atoms with E-state index >= 15 is 0 Å². The van der Waals surface area contributed by atoms with Crippen molar-refractivity contribution >= 4 is 28.2 Å². The van der Waals surface area contributed by atoms with E-state index in [1.54, 1.807) is 0 Å². The predicted molar refractivity (Wildman–Crippen MR) is 163 cm³/mol. The highest BCUT2D eigenvalue weighted by atomic mass is 32.2. The van der Waals surface area contributed by atoms with Crippen LogP contribution in [-0.2, 0) is 11.4 Å². The van der Waals surface area contributed by atoms with Gasteiger partial charge in [0, 0.05) is 25.5 Å². The molecule has 4 nitrogen and oxygen atoms in total. The van der Waals surface area contributed by atoms with Gasteiger partial charge in [0.05, 0.1) is 17.0 Å². The van der Waals surface area contributed by atoms with Crippen LogP contribution in [0.4, 0.5) is 5.69 Å². The van der Waals surface area contributed by atoms with Crippen molar-refractivity contribution in [3.8, 4) is 0 Å². The number of anilines is 1. The van der Waals surface area contributed by atoms with Crippen LogP contribution in [0.25, 0.3) is 11.1 Å². The third-order valence-corrected chi connectivity index (χ3v) is 10.0. The number of aliphatic hydroxyl groups excluding tert-OH is 1. The van der Waals surface area contributed by atoms with E-state index in [9.17, 15) is 9.66 Å². The summed E-state index contributed by atoms with van der Waals surface area (Å²) in [5.41, 5.74) is 8.33. The molecule has 1 heterocycles. The van der Waals surface area contributed by atoms with Gasteiger partial charge < -0.3 is 14.6 Å². The summed E-state index contributed by atoms with van der Waals surface area (Å²) < 4.78 is 15.6. The zero-order chi connectivity index (χ0) is 26.6. The van der Waals surface area contributed by atoms with Gasteiger partial charge in [0.15, 0.2) is 0 Å². The molecule has 39 heavy (non-hydrogen) atoms. The fourth-order valence-corrected chi connectivity index (χ4v) is 7.07. The number of aliphatic hydroxyl groups is 1. The molecule has 5 heteroatoms. The molecule has 1 aliphatic heterocycles. The highest BCUT2D eigenvalue weighted by Crippen LogP contribution is 2.38. The fraction of sp³-hybridized carbons (Fsp3) is 0.412. The van der Waals surface area contributed by atoms with E-state index in [0.29, 0.717) is 17.6 Å². The minimum absolute atomic E-state index is 0.165. The van der Waals surface area contributed by atoms with Crippen molar-refractivity contribution in [3.63, 3.8) is 0 Å². The Morgan fingerprint density at radius 2 is 1.44 bits per heavy atom. The number of hydrogen-bond acceptors (Lipinski definition) is 4. The van der Waals surface area contributed by atoms with E-state index in [2.05, 4.69) is 76.4 Å². The first kappa shape index (κ1) is 26.6. The van der Waals surface area contributed by atoms with Gasteiger partial charge in [0.2, 0.25) is 0 Å². The molecule has 1 unspecified atom stereocenters. The largest absolute Gasteiger partial charge is 0.593 e. The molecule has 0 aromatic heterocycles. The van der Waals surface area contributed by atoms with Crippen LogP contribution in [0.2, 0.25) is 0 Å². The van der Waals surface area contributed by atoms with Crippen LogP contribution < -0.4 is 4.72 Å². The molecule has 3 aromatic rings. The van der Waals surface area contributed by atoms with Crippen LogP contribution in [0.15, 0.2) is 78.9 Å². The van der Waals surface area contributed by atoms with Gasteiger partial charge in [-0.05, 0) is 103 Å². The second-order valence-corrected chi connectivity index (χ2v) is 12.9. The molecule has 0 amide bonds. The zero-order valence-corrected chi connectivity index (χ0v) is 23.5. The van der Waals surface area contributed by atoms with Gasteiger partial charge in [0.1, 0.15) is 5.25 Å². The molecule has 2 N–H and O–H groups in total. The number of allylic oxidation sites excluding steroid dienone is 1. The van der Waals surface area contributed by atoms with Crippen molar-refractivity contribution in [1.29, 1.82) is 0 Å². The number of piperidine rings is 1. The summed E-state index contributed by atoms with van der Waals surface area (Å²) in [4.78, 5) is 2.69. The quantitative estimate of drug-likeness (QED) is 0.203. The summed E-state index contributed by atoms with van der Waals surface area (Å²) in [5, 5.41) is 10.0. The number of benzene rings is 3. The van der Waals surface area contributed by atoms with Crippen LogP contribution in [0.1, 0.15) is 79.5 Å². The molecule has 6 rings (SSSR count). The topological polar surface area (TPSA) is 58.6 Å². The molecule has 3 aromatic carbocycles. The van der Waals surface area contributed by atoms with Gasteiger partial charge in [-0.1, -0.05) is 66.7 Å². The Morgan fingerprint density at radius 3 is 2.03 bits per heavy atom. The van der Waals surface area contributed by atoms with Gasteiger partial charge in [0.25, 0.3) is 0 Å². The van der Waals surface area contributed by atoms with Gasteiger partial charge in [-0.3, -0.25) is 0 Å². The van der Waals surface area contributed by atoms with Crippen molar-refractivity contribution < 1.29 is 9.66 Å². The zero-order valence-electron chi connectivity index (χ0n) is 22.7. The molecule has 0 bridgehead atoms. The second-order valence-electron chi connectivity index (χ2n) is 11.4. The lowest BCUT2D eigenvalue weighted by atomic mass is 9.85. The summed E-state index contributed by atoms with van der Waals surface area (Å²) in [7, 11) is 0. The summed E-state index contributed by atoms with van der Waals surface area (Å²) in [6, 6.07) is 29.1. The maximum atomic E-state index is 12.4. The molecule has 2 saturated carbocycles. The second kappa shape index (κ2) is 12.3. The number of likely N-dealkylation sites (tertiary alicyclic amines) is 1. The molecule has 2 aliphatic carbocycles. The van der Waals surface area contributed by atoms with E-state index in [1.165, 1.54) is 66.6 Å². The maximum Gasteiger partial charge on any atom is 0.141 e. The van der Waals surface area contributed by atoms with E-state index < -0.39 is 11.4 Å². The Balaban J connectivity index is 1.31. The molecule has 1 atom stereocenters. The van der Waals surface area contributed by atoms with Crippen LogP contribution in [0.5, 0.6) is 0 Å². The highest BCUT2D eigenvalue weighted by molar-refractivity contribution is 7.93. The fourth-order valence-electron chi connectivity index (χ4n) is 5.97. The van der Waals surface area contributed by atoms with Gasteiger partial charge in [-0.2, -0.15) is 0 Å². The highest BCUT2D eigenvalue weighted by Gasteiger charge is 2.35. The minimum Gasteiger partial charge on any atom is -0.593 e. The molecule has 3 aliphatic rings. The minimum atomic E-state index is -1.01. The monoisotopic (exact) mass is 540 g/mol. The average Bonchev–Trinajstić information content (AvgIpc) is 3.90. The first-order valence-electron chi connectivity index (χ1n) is 14.7. The Labute approximate surface area is 236 Å². The first-order chi connectivity index (χ1) is 19.2. The Bertz CT molecular complexity index is 1240. The molecular formula is C34H40N2O2S. The number of hydrogen-bond donors (Lipinski definition) is 2. The Kier molecular flexibility index (Phi) is 8.40. The van der Waals surface area contributed by atoms with Crippen LogP contribution in [-0.4, -0.2) is 45.5 Å². The lowest BCUT2D eigenvalue weighted by Crippen LogP contribution is -2.34. The predicted octanol–water partition coefficient (Wildman–Crippen LogP) is 7.00. The van der Waals surface area contributed by atoms with E-state index in [4.69, 9.17) is 0 Å². The molecule has 3 fully saturated rings. The van der Waals surface area contributed by atoms with Gasteiger partial charge in [-0.25, -0.2) is 4.72 Å². The number of rotatable bonds is 11. The van der Waals surface area contributed by atoms with Crippen LogP contribution in [0, 0.1) is 0 Å². The number of nitrogens with one attached hydrogen (secondary N) is 1. The van der Waals surface area contributed by atoms with Crippen molar-refractivity contribution in [2.24, 2.45) is 0 Å². The summed E-state index contributed by atoms with van der Waals surface area (Å²) in [6.07, 6.45) is 8.89. The van der Waals surface area contributed by atoms with E-state index in [1.807, 2.05) is 12.1 Å². The van der Waals surface area contributed by atoms with Gasteiger partial charge >= 0.3 is 0 Å². The number of nitrogens with zero attached hydrogens (tertiary/aromatic N) is 1. The summed E-state index contributed by atoms with van der Waals surface area (Å²) >= 11 is -1.01. The molecule has 0 spiro atoms. The summed E-state index contributed by atoms with van der Waals surface area (Å²) in [6.45, 7) is 2.62. The van der Waals surface area contributed by atoms with Gasteiger partial charge in [-0.15, -0.1) is 0 Å². The lowest BCUT2D eigenvalue weighted by molar-refractivity contribution is 0.203. The normalized spacial score (nSPS) is 19.9. The van der Waals surface area contributed by atoms with Crippen molar-refractivity contribution in [3.05, 3.63) is 101 Å². The smallest absolute Gasteiger partial charge is 0.141 e. The molecule has 204 valence electrons. The Hall–Kier alpha value is -2.57. The lowest BCUT2D eigenvalue weighted by Gasteiger charge is -2.32. The van der Waals surface area contributed by atoms with Crippen LogP contribution in [0.3, 0.4) is 0 Å². The maximum absolute atomic E-state index is 12.4. The standard InChI is InChI=1S/C34H40N2O2S/c37-24-4-7-33(27-5-2-1-3-6-27)34(29-12-14-30(15-13-29)35-39(38)32-18-19-32)28-10-8-25(9-11-28)26-20-22-36(23-21-26)31-16-17-31/h1-3,5-6,8-15,26,31-32,35,37H,4,7,16-24H2/b34-33+. The summed E-state index contributed by atoms with van der Waals surface area (Å²) in [5.74, 6) is 0.641. The molecular weight excluding hydrogens is 500 g/mol. The third-order valence-electron chi connectivity index (χ3n) is 8.49. The Morgan fingerprint density at radius 1 is 0.795 bits per heavy atom. The average molecular weight is 541 g/mol. The third kappa shape index (κ3) is 6.60. The van der Waals surface area contributed by atoms with Crippen molar-refractivity contribution in [1.82, 2.24) is 4.90 Å². The molecule has 0 radical (unpaired) electrons. The first-order valence-corrected chi connectivity index (χ1v) is 15.9. The van der Waals surface area contributed by atoms with Crippen LogP contribution >= 0.6 is 0 Å². The SMILES string of the molecule is [O-][S+](Nc1ccc(/C(=C(\CCCO)c2ccccc2)c2ccc(C3CCN(C4CC4)CC3)cc2)cc1)C1CC1.